The molecule has 0 aromatic rings. The molecule has 3 atom stereocenters. The van der Waals surface area contributed by atoms with Crippen LogP contribution in [0.5, 0.6) is 0 Å². The molecule has 68 valence electrons. The van der Waals surface area contributed by atoms with Gasteiger partial charge in [0, 0.05) is 6.61 Å². The predicted molar refractivity (Wildman–Crippen MR) is 42.8 cm³/mol. The van der Waals surface area contributed by atoms with E-state index in [0.717, 1.165) is 32.3 Å². The summed E-state index contributed by atoms with van der Waals surface area (Å²) in [4.78, 5) is 10.7. The number of aliphatic carboxylic acids is 1. The van der Waals surface area contributed by atoms with Gasteiger partial charge in [-0.3, -0.25) is 4.79 Å². The molecule has 2 aliphatic rings. The zero-order valence-electron chi connectivity index (χ0n) is 7.03. The Morgan fingerprint density at radius 3 is 2.92 bits per heavy atom. The Morgan fingerprint density at radius 2 is 2.17 bits per heavy atom. The molecule has 0 bridgehead atoms. The van der Waals surface area contributed by atoms with E-state index >= 15 is 0 Å². The molecule has 12 heavy (non-hydrogen) atoms. The summed E-state index contributed by atoms with van der Waals surface area (Å²) in [7, 11) is 0. The molecule has 0 spiro atoms. The summed E-state index contributed by atoms with van der Waals surface area (Å²) in [5.41, 5.74) is 0. The monoisotopic (exact) mass is 170 g/mol. The molecule has 0 unspecified atom stereocenters. The van der Waals surface area contributed by atoms with Gasteiger partial charge in [0.05, 0.1) is 12.0 Å². The zero-order chi connectivity index (χ0) is 8.55. The van der Waals surface area contributed by atoms with E-state index in [-0.39, 0.29) is 5.92 Å². The Kier molecular flexibility index (Phi) is 2.05. The van der Waals surface area contributed by atoms with E-state index < -0.39 is 5.97 Å². The van der Waals surface area contributed by atoms with E-state index in [2.05, 4.69) is 0 Å². The summed E-state index contributed by atoms with van der Waals surface area (Å²) < 4.78 is 5.49. The van der Waals surface area contributed by atoms with Crippen molar-refractivity contribution in [2.24, 2.45) is 11.8 Å². The maximum Gasteiger partial charge on any atom is 0.306 e. The molecule has 0 amide bonds. The lowest BCUT2D eigenvalue weighted by Crippen LogP contribution is -2.29. The van der Waals surface area contributed by atoms with Gasteiger partial charge in [-0.1, -0.05) is 0 Å². The van der Waals surface area contributed by atoms with Crippen LogP contribution in [0, 0.1) is 11.8 Å². The first-order chi connectivity index (χ1) is 5.77. The van der Waals surface area contributed by atoms with Gasteiger partial charge >= 0.3 is 5.97 Å². The second kappa shape index (κ2) is 3.05. The summed E-state index contributed by atoms with van der Waals surface area (Å²) in [5.74, 6) is -0.201. The van der Waals surface area contributed by atoms with Crippen LogP contribution in [0.4, 0.5) is 0 Å². The number of hydrogen-bond donors (Lipinski definition) is 1. The van der Waals surface area contributed by atoms with Crippen LogP contribution < -0.4 is 0 Å². The summed E-state index contributed by atoms with van der Waals surface area (Å²) in [6, 6.07) is 0. The Morgan fingerprint density at radius 1 is 1.33 bits per heavy atom. The van der Waals surface area contributed by atoms with Crippen LogP contribution in [0.15, 0.2) is 0 Å². The molecule has 2 rings (SSSR count). The second-order valence-electron chi connectivity index (χ2n) is 3.81. The van der Waals surface area contributed by atoms with E-state index in [0.29, 0.717) is 12.0 Å². The topological polar surface area (TPSA) is 46.5 Å². The van der Waals surface area contributed by atoms with Crippen molar-refractivity contribution in [3.63, 3.8) is 0 Å². The van der Waals surface area contributed by atoms with Gasteiger partial charge in [0.1, 0.15) is 0 Å². The van der Waals surface area contributed by atoms with Crippen LogP contribution in [0.1, 0.15) is 25.7 Å². The minimum atomic E-state index is -0.625. The molecule has 1 aliphatic heterocycles. The van der Waals surface area contributed by atoms with Crippen LogP contribution in [0.2, 0.25) is 0 Å². The van der Waals surface area contributed by atoms with E-state index in [1.807, 2.05) is 0 Å². The number of fused-ring (bicyclic) bond motifs is 1. The van der Waals surface area contributed by atoms with Gasteiger partial charge in [-0.2, -0.15) is 0 Å². The van der Waals surface area contributed by atoms with Gasteiger partial charge in [0.2, 0.25) is 0 Å². The first-order valence-corrected chi connectivity index (χ1v) is 4.62. The molecule has 1 aliphatic carbocycles. The lowest BCUT2D eigenvalue weighted by molar-refractivity contribution is -0.144. The van der Waals surface area contributed by atoms with E-state index in [9.17, 15) is 4.79 Å². The van der Waals surface area contributed by atoms with Crippen LogP contribution in [-0.2, 0) is 9.53 Å². The molecule has 2 fully saturated rings. The Labute approximate surface area is 71.7 Å². The fourth-order valence-corrected chi connectivity index (χ4v) is 2.35. The fourth-order valence-electron chi connectivity index (χ4n) is 2.35. The molecule has 3 nitrogen and oxygen atoms in total. The van der Waals surface area contributed by atoms with E-state index in [1.54, 1.807) is 0 Å². The third kappa shape index (κ3) is 1.33. The summed E-state index contributed by atoms with van der Waals surface area (Å²) in [6.07, 6.45) is 4.02. The molecule has 3 heteroatoms. The van der Waals surface area contributed by atoms with Crippen molar-refractivity contribution in [1.82, 2.24) is 0 Å². The molecule has 0 radical (unpaired) electrons. The van der Waals surface area contributed by atoms with Crippen LogP contribution >= 0.6 is 0 Å². The van der Waals surface area contributed by atoms with Crippen molar-refractivity contribution in [1.29, 1.82) is 0 Å². The van der Waals surface area contributed by atoms with Crippen LogP contribution in [-0.4, -0.2) is 23.8 Å². The number of carbonyl (C=O) groups is 1. The largest absolute Gasteiger partial charge is 0.481 e. The average Bonchev–Trinajstić information content (AvgIpc) is 2.49. The maximum atomic E-state index is 10.7. The number of carboxylic acids is 1. The third-order valence-electron chi connectivity index (χ3n) is 3.08. The normalized spacial score (nSPS) is 40.8. The molecule has 0 aromatic carbocycles. The van der Waals surface area contributed by atoms with Crippen molar-refractivity contribution >= 4 is 5.97 Å². The van der Waals surface area contributed by atoms with Gasteiger partial charge < -0.3 is 9.84 Å². The van der Waals surface area contributed by atoms with Crippen molar-refractivity contribution in [3.8, 4) is 0 Å². The molecule has 1 saturated heterocycles. The van der Waals surface area contributed by atoms with Gasteiger partial charge in [0.15, 0.2) is 0 Å². The molecular weight excluding hydrogens is 156 g/mol. The van der Waals surface area contributed by atoms with E-state index in [1.165, 1.54) is 0 Å². The minimum Gasteiger partial charge on any atom is -0.481 e. The Bertz CT molecular complexity index is 190. The lowest BCUT2D eigenvalue weighted by atomic mass is 9.79. The Hall–Kier alpha value is -0.570. The second-order valence-corrected chi connectivity index (χ2v) is 3.81. The lowest BCUT2D eigenvalue weighted by Gasteiger charge is -2.28. The smallest absolute Gasteiger partial charge is 0.306 e. The molecule has 0 aromatic heterocycles. The highest BCUT2D eigenvalue weighted by atomic mass is 16.5. The Balaban J connectivity index is 1.96. The van der Waals surface area contributed by atoms with Crippen molar-refractivity contribution in [2.45, 2.75) is 31.8 Å². The van der Waals surface area contributed by atoms with Crippen molar-refractivity contribution in [2.75, 3.05) is 6.61 Å². The number of ether oxygens (including phenoxy) is 1. The first kappa shape index (κ1) is 8.05. The van der Waals surface area contributed by atoms with E-state index in [4.69, 9.17) is 9.84 Å². The van der Waals surface area contributed by atoms with Gasteiger partial charge in [0.25, 0.3) is 0 Å². The fraction of sp³-hybridized carbons (Fsp3) is 0.889. The highest BCUT2D eigenvalue weighted by Gasteiger charge is 2.37. The zero-order valence-corrected chi connectivity index (χ0v) is 7.03. The molecular formula is C9H14O3. The third-order valence-corrected chi connectivity index (χ3v) is 3.08. The van der Waals surface area contributed by atoms with Gasteiger partial charge in [-0.05, 0) is 31.6 Å². The van der Waals surface area contributed by atoms with Crippen LogP contribution in [0.3, 0.4) is 0 Å². The molecule has 1 heterocycles. The number of carboxylic acid groups (broad SMARTS) is 1. The van der Waals surface area contributed by atoms with Crippen LogP contribution in [0.25, 0.3) is 0 Å². The minimum absolute atomic E-state index is 0.104. The number of rotatable bonds is 1. The molecule has 1 saturated carbocycles. The maximum absolute atomic E-state index is 10.7. The SMILES string of the molecule is O=C(O)[C@H]1CC[C@H]2OCC[C@H]2C1. The van der Waals surface area contributed by atoms with Gasteiger partial charge in [-0.15, -0.1) is 0 Å². The summed E-state index contributed by atoms with van der Waals surface area (Å²) in [5, 5.41) is 8.82. The quantitative estimate of drug-likeness (QED) is 0.644. The highest BCUT2D eigenvalue weighted by Crippen LogP contribution is 2.37. The first-order valence-electron chi connectivity index (χ1n) is 4.62. The summed E-state index contributed by atoms with van der Waals surface area (Å²) in [6.45, 7) is 0.835. The predicted octanol–water partition coefficient (Wildman–Crippen LogP) is 1.28. The molecule has 1 N–H and O–H groups in total. The highest BCUT2D eigenvalue weighted by molar-refractivity contribution is 5.70. The summed E-state index contributed by atoms with van der Waals surface area (Å²) >= 11 is 0. The number of hydrogen-bond acceptors (Lipinski definition) is 2. The van der Waals surface area contributed by atoms with Crippen molar-refractivity contribution in [3.05, 3.63) is 0 Å². The average molecular weight is 170 g/mol. The van der Waals surface area contributed by atoms with Crippen molar-refractivity contribution < 1.29 is 14.6 Å². The standard InChI is InChI=1S/C9H14O3/c10-9(11)7-1-2-8-6(5-7)3-4-12-8/h6-8H,1-5H2,(H,10,11)/t6-,7-,8+/m0/s1. The van der Waals surface area contributed by atoms with Gasteiger partial charge in [-0.25, -0.2) is 0 Å².